The Morgan fingerprint density at radius 1 is 0.429 bits per heavy atom. The number of fused-ring (bicyclic) bond motifs is 7. The fourth-order valence-electron chi connectivity index (χ4n) is 6.83. The monoisotopic (exact) mass is 554 g/mol. The molecular formula is C39H26N2S. The molecule has 0 atom stereocenters. The summed E-state index contributed by atoms with van der Waals surface area (Å²) in [5.41, 5.74) is 9.89. The maximum atomic E-state index is 2.47. The van der Waals surface area contributed by atoms with E-state index in [1.807, 2.05) is 11.3 Å². The van der Waals surface area contributed by atoms with Crippen LogP contribution in [0.1, 0.15) is 4.88 Å². The smallest absolute Gasteiger partial charge is 0.0677 e. The largest absolute Gasteiger partial charge is 0.309 e. The van der Waals surface area contributed by atoms with Crippen LogP contribution in [0.15, 0.2) is 140 Å². The van der Waals surface area contributed by atoms with Gasteiger partial charge in [-0.25, -0.2) is 0 Å². The highest BCUT2D eigenvalue weighted by molar-refractivity contribution is 7.19. The lowest BCUT2D eigenvalue weighted by molar-refractivity contribution is 1.18. The molecule has 0 radical (unpaired) electrons. The Morgan fingerprint density at radius 2 is 0.929 bits per heavy atom. The molecular weight excluding hydrogens is 529 g/mol. The molecule has 42 heavy (non-hydrogen) atoms. The zero-order valence-electron chi connectivity index (χ0n) is 23.1. The lowest BCUT2D eigenvalue weighted by atomic mass is 10.0. The van der Waals surface area contributed by atoms with Crippen molar-refractivity contribution < 1.29 is 0 Å². The summed E-state index contributed by atoms with van der Waals surface area (Å²) in [4.78, 5) is 1.34. The van der Waals surface area contributed by atoms with Crippen LogP contribution in [0.4, 0.5) is 0 Å². The summed E-state index contributed by atoms with van der Waals surface area (Å²) in [6.07, 6.45) is 0. The molecule has 3 aromatic heterocycles. The first-order valence-electron chi connectivity index (χ1n) is 14.4. The normalized spacial score (nSPS) is 11.9. The molecule has 0 fully saturated rings. The molecule has 0 aliphatic heterocycles. The topological polar surface area (TPSA) is 9.86 Å². The van der Waals surface area contributed by atoms with Gasteiger partial charge in [0.05, 0.1) is 27.8 Å². The van der Waals surface area contributed by atoms with E-state index in [0.717, 1.165) is 0 Å². The molecule has 9 rings (SSSR count). The molecule has 3 heteroatoms. The number of rotatable bonds is 3. The Labute approximate surface area is 247 Å². The Kier molecular flexibility index (Phi) is 5.02. The van der Waals surface area contributed by atoms with Crippen LogP contribution in [0.2, 0.25) is 0 Å². The predicted molar refractivity (Wildman–Crippen MR) is 181 cm³/mol. The maximum Gasteiger partial charge on any atom is 0.0677 e. The average Bonchev–Trinajstić information content (AvgIpc) is 3.67. The Bertz CT molecular complexity index is 2470. The molecule has 9 aromatic rings. The second-order valence-corrected chi connectivity index (χ2v) is 12.3. The van der Waals surface area contributed by atoms with Gasteiger partial charge in [-0.2, -0.15) is 0 Å². The minimum absolute atomic E-state index is 1.18. The van der Waals surface area contributed by atoms with Crippen molar-refractivity contribution in [2.24, 2.45) is 0 Å². The van der Waals surface area contributed by atoms with Crippen LogP contribution in [-0.2, 0) is 0 Å². The van der Waals surface area contributed by atoms with Gasteiger partial charge in [-0.05, 0) is 72.6 Å². The van der Waals surface area contributed by atoms with Gasteiger partial charge in [-0.3, -0.25) is 0 Å². The van der Waals surface area contributed by atoms with Crippen LogP contribution in [0.5, 0.6) is 0 Å². The van der Waals surface area contributed by atoms with Crippen molar-refractivity contribution in [3.8, 4) is 22.5 Å². The summed E-state index contributed by atoms with van der Waals surface area (Å²) in [7, 11) is 0. The quantitative estimate of drug-likeness (QED) is 0.206. The number of aromatic nitrogens is 2. The molecule has 0 unspecified atom stereocenters. The highest BCUT2D eigenvalue weighted by Crippen LogP contribution is 2.41. The van der Waals surface area contributed by atoms with Gasteiger partial charge in [-0.15, -0.1) is 11.3 Å². The highest BCUT2D eigenvalue weighted by atomic mass is 32.1. The van der Waals surface area contributed by atoms with E-state index in [1.54, 1.807) is 0 Å². The van der Waals surface area contributed by atoms with Crippen molar-refractivity contribution in [1.29, 1.82) is 0 Å². The van der Waals surface area contributed by atoms with Crippen LogP contribution in [0.3, 0.4) is 0 Å². The van der Waals surface area contributed by atoms with Gasteiger partial charge in [0.2, 0.25) is 0 Å². The summed E-state index contributed by atoms with van der Waals surface area (Å²) in [6, 6.07) is 50.9. The first-order valence-corrected chi connectivity index (χ1v) is 15.2. The summed E-state index contributed by atoms with van der Waals surface area (Å²) < 4.78 is 6.17. The summed E-state index contributed by atoms with van der Waals surface area (Å²) in [6.45, 7) is 2.25. The van der Waals surface area contributed by atoms with Crippen LogP contribution in [0.25, 0.3) is 76.2 Å². The second kappa shape index (κ2) is 8.94. The number of thiophene rings is 1. The maximum absolute atomic E-state index is 2.47. The van der Waals surface area contributed by atoms with Gasteiger partial charge in [0.1, 0.15) is 0 Å². The molecule has 0 amide bonds. The van der Waals surface area contributed by atoms with E-state index in [9.17, 15) is 0 Å². The van der Waals surface area contributed by atoms with Crippen LogP contribution in [-0.4, -0.2) is 9.13 Å². The molecule has 0 N–H and O–H groups in total. The molecule has 3 heterocycles. The zero-order chi connectivity index (χ0) is 27.8. The average molecular weight is 555 g/mol. The molecule has 0 aliphatic carbocycles. The summed E-state index contributed by atoms with van der Waals surface area (Å²) in [5, 5.41) is 6.42. The Morgan fingerprint density at radius 3 is 1.60 bits per heavy atom. The van der Waals surface area contributed by atoms with Crippen LogP contribution >= 0.6 is 11.3 Å². The highest BCUT2D eigenvalue weighted by Gasteiger charge is 2.19. The first-order chi connectivity index (χ1) is 20.8. The predicted octanol–water partition coefficient (Wildman–Crippen LogP) is 11.1. The number of aryl methyl sites for hydroxylation is 1. The number of nitrogens with zero attached hydrogens (tertiary/aromatic N) is 2. The molecule has 0 saturated heterocycles. The van der Waals surface area contributed by atoms with Gasteiger partial charge in [0.25, 0.3) is 0 Å². The van der Waals surface area contributed by atoms with Crippen molar-refractivity contribution in [3.05, 3.63) is 144 Å². The minimum atomic E-state index is 1.18. The number of hydrogen-bond acceptors (Lipinski definition) is 1. The fourth-order valence-corrected chi connectivity index (χ4v) is 7.88. The molecule has 198 valence electrons. The van der Waals surface area contributed by atoms with Crippen molar-refractivity contribution >= 4 is 65.0 Å². The molecule has 0 spiro atoms. The van der Waals surface area contributed by atoms with E-state index in [1.165, 1.54) is 81.1 Å². The van der Waals surface area contributed by atoms with Crippen molar-refractivity contribution in [1.82, 2.24) is 9.13 Å². The van der Waals surface area contributed by atoms with Crippen molar-refractivity contribution in [3.63, 3.8) is 0 Å². The molecule has 2 nitrogen and oxygen atoms in total. The molecule has 6 aromatic carbocycles. The summed E-state index contributed by atoms with van der Waals surface area (Å²) in [5.74, 6) is 0. The van der Waals surface area contributed by atoms with Gasteiger partial charge in [0, 0.05) is 42.2 Å². The number of para-hydroxylation sites is 3. The van der Waals surface area contributed by atoms with E-state index >= 15 is 0 Å². The lowest BCUT2D eigenvalue weighted by Crippen LogP contribution is -1.94. The first kappa shape index (κ1) is 23.6. The summed E-state index contributed by atoms with van der Waals surface area (Å²) >= 11 is 1.87. The Hall–Kier alpha value is -5.12. The SMILES string of the molecule is Cc1sc2ccccc2c1-n1c2ccccc2c2cc(-c3ccc4c(c3)c3ccccc3n4-c3ccccc3)ccc21. The number of hydrogen-bond donors (Lipinski definition) is 0. The Balaban J connectivity index is 1.28. The lowest BCUT2D eigenvalue weighted by Gasteiger charge is -2.10. The van der Waals surface area contributed by atoms with E-state index in [0.29, 0.717) is 0 Å². The minimum Gasteiger partial charge on any atom is -0.309 e. The van der Waals surface area contributed by atoms with Crippen molar-refractivity contribution in [2.75, 3.05) is 0 Å². The third-order valence-electron chi connectivity index (χ3n) is 8.66. The third kappa shape index (κ3) is 3.32. The fraction of sp³-hybridized carbons (Fsp3) is 0.0256. The molecule has 0 aliphatic rings. The molecule has 0 bridgehead atoms. The third-order valence-corrected chi connectivity index (χ3v) is 9.73. The van der Waals surface area contributed by atoms with E-state index in [-0.39, 0.29) is 0 Å². The van der Waals surface area contributed by atoms with E-state index in [2.05, 4.69) is 156 Å². The van der Waals surface area contributed by atoms with Gasteiger partial charge in [-0.1, -0.05) is 84.9 Å². The standard InChI is InChI=1S/C39H26N2S/c1-25-39(31-15-7-10-18-38(31)42-25)41-35-17-9-6-14-30(35)33-24-27(20-22-37(33)41)26-19-21-36-32(23-26)29-13-5-8-16-34(29)40(36)28-11-3-2-4-12-28/h2-24H,1H3. The van der Waals surface area contributed by atoms with E-state index < -0.39 is 0 Å². The molecule has 0 saturated carbocycles. The van der Waals surface area contributed by atoms with Crippen LogP contribution < -0.4 is 0 Å². The van der Waals surface area contributed by atoms with Gasteiger partial charge < -0.3 is 9.13 Å². The van der Waals surface area contributed by atoms with Crippen LogP contribution in [0, 0.1) is 6.92 Å². The van der Waals surface area contributed by atoms with Gasteiger partial charge >= 0.3 is 0 Å². The van der Waals surface area contributed by atoms with E-state index in [4.69, 9.17) is 0 Å². The van der Waals surface area contributed by atoms with Crippen molar-refractivity contribution in [2.45, 2.75) is 6.92 Å². The van der Waals surface area contributed by atoms with Gasteiger partial charge in [0.15, 0.2) is 0 Å². The zero-order valence-corrected chi connectivity index (χ0v) is 23.9. The number of benzene rings is 6. The second-order valence-electron chi connectivity index (χ2n) is 11.0.